The third kappa shape index (κ3) is 2.80. The van der Waals surface area contributed by atoms with E-state index in [1.807, 2.05) is 38.1 Å². The summed E-state index contributed by atoms with van der Waals surface area (Å²) in [7, 11) is 1.35. The van der Waals surface area contributed by atoms with E-state index in [0.717, 1.165) is 11.1 Å². The number of nitrogens with two attached hydrogens (primary N) is 1. The van der Waals surface area contributed by atoms with Gasteiger partial charge in [-0.15, -0.1) is 0 Å². The van der Waals surface area contributed by atoms with Gasteiger partial charge in [-0.3, -0.25) is 4.79 Å². The Hall–Kier alpha value is -1.35. The Balaban J connectivity index is 2.84. The van der Waals surface area contributed by atoms with E-state index in [0.29, 0.717) is 0 Å². The Kier molecular flexibility index (Phi) is 3.86. The lowest BCUT2D eigenvalue weighted by atomic mass is 9.93. The van der Waals surface area contributed by atoms with Crippen molar-refractivity contribution in [1.82, 2.24) is 0 Å². The van der Waals surface area contributed by atoms with Crippen molar-refractivity contribution in [3.05, 3.63) is 35.4 Å². The highest BCUT2D eigenvalue weighted by atomic mass is 16.5. The lowest BCUT2D eigenvalue weighted by molar-refractivity contribution is -0.142. The Labute approximate surface area is 90.2 Å². The number of carbonyl (C=O) groups excluding carboxylic acids is 1. The average Bonchev–Trinajstić information content (AvgIpc) is 2.26. The quantitative estimate of drug-likeness (QED) is 0.766. The van der Waals surface area contributed by atoms with Crippen molar-refractivity contribution in [2.75, 3.05) is 7.11 Å². The van der Waals surface area contributed by atoms with Crippen LogP contribution in [0.3, 0.4) is 0 Å². The van der Waals surface area contributed by atoms with Gasteiger partial charge in [0.2, 0.25) is 0 Å². The summed E-state index contributed by atoms with van der Waals surface area (Å²) in [5.41, 5.74) is 8.01. The second-order valence-corrected chi connectivity index (χ2v) is 3.75. The Morgan fingerprint density at radius 2 is 2.13 bits per heavy atom. The number of hydrogen-bond acceptors (Lipinski definition) is 3. The van der Waals surface area contributed by atoms with Crippen molar-refractivity contribution < 1.29 is 9.53 Å². The highest BCUT2D eigenvalue weighted by Gasteiger charge is 2.22. The van der Waals surface area contributed by atoms with Gasteiger partial charge in [-0.1, -0.05) is 36.8 Å². The number of ether oxygens (including phenoxy) is 1. The first-order valence-corrected chi connectivity index (χ1v) is 4.96. The van der Waals surface area contributed by atoms with Crippen molar-refractivity contribution in [2.45, 2.75) is 25.8 Å². The molecule has 2 atom stereocenters. The average molecular weight is 207 g/mol. The van der Waals surface area contributed by atoms with Crippen LogP contribution in [-0.4, -0.2) is 19.1 Å². The lowest BCUT2D eigenvalue weighted by Gasteiger charge is -2.18. The molecule has 0 spiro atoms. The molecule has 1 aromatic carbocycles. The standard InChI is InChI=1S/C12H17NO2/c1-8-5-4-6-10(7-8)9(2)11(13)12(14)15-3/h4-7,9,11H,13H2,1-3H3. The number of methoxy groups -OCH3 is 1. The van der Waals surface area contributed by atoms with Crippen molar-refractivity contribution in [1.29, 1.82) is 0 Å². The molecule has 0 heterocycles. The summed E-state index contributed by atoms with van der Waals surface area (Å²) in [6.07, 6.45) is 0. The van der Waals surface area contributed by atoms with Crippen LogP contribution in [0.25, 0.3) is 0 Å². The number of benzene rings is 1. The summed E-state index contributed by atoms with van der Waals surface area (Å²) >= 11 is 0. The Morgan fingerprint density at radius 1 is 1.47 bits per heavy atom. The zero-order valence-corrected chi connectivity index (χ0v) is 9.36. The molecular weight excluding hydrogens is 190 g/mol. The summed E-state index contributed by atoms with van der Waals surface area (Å²) < 4.78 is 4.62. The van der Waals surface area contributed by atoms with Crippen LogP contribution >= 0.6 is 0 Å². The molecule has 1 rings (SSSR count). The SMILES string of the molecule is COC(=O)C(N)C(C)c1cccc(C)c1. The van der Waals surface area contributed by atoms with E-state index in [4.69, 9.17) is 5.73 Å². The van der Waals surface area contributed by atoms with Crippen LogP contribution < -0.4 is 5.73 Å². The summed E-state index contributed by atoms with van der Waals surface area (Å²) in [6, 6.07) is 7.38. The van der Waals surface area contributed by atoms with Gasteiger partial charge in [0.1, 0.15) is 6.04 Å². The minimum absolute atomic E-state index is 0.0302. The molecule has 0 aliphatic carbocycles. The van der Waals surface area contributed by atoms with Gasteiger partial charge in [-0.25, -0.2) is 0 Å². The maximum atomic E-state index is 11.3. The van der Waals surface area contributed by atoms with E-state index >= 15 is 0 Å². The summed E-state index contributed by atoms with van der Waals surface area (Å²) in [5.74, 6) is -0.402. The first-order chi connectivity index (χ1) is 7.06. The van der Waals surface area contributed by atoms with Crippen LogP contribution in [0.1, 0.15) is 24.0 Å². The number of rotatable bonds is 3. The molecule has 0 saturated heterocycles. The van der Waals surface area contributed by atoms with Gasteiger partial charge in [0.25, 0.3) is 0 Å². The van der Waals surface area contributed by atoms with Crippen molar-refractivity contribution in [2.24, 2.45) is 5.73 Å². The second kappa shape index (κ2) is 4.94. The van der Waals surface area contributed by atoms with E-state index in [1.165, 1.54) is 7.11 Å². The molecule has 0 aromatic heterocycles. The Bertz CT molecular complexity index is 349. The second-order valence-electron chi connectivity index (χ2n) is 3.75. The fourth-order valence-electron chi connectivity index (χ4n) is 1.50. The minimum atomic E-state index is -0.600. The van der Waals surface area contributed by atoms with Crippen LogP contribution in [0.5, 0.6) is 0 Å². The van der Waals surface area contributed by atoms with E-state index in [1.54, 1.807) is 0 Å². The first kappa shape index (κ1) is 11.7. The number of aryl methyl sites for hydroxylation is 1. The van der Waals surface area contributed by atoms with Gasteiger partial charge in [0.15, 0.2) is 0 Å². The van der Waals surface area contributed by atoms with Crippen molar-refractivity contribution >= 4 is 5.97 Å². The largest absolute Gasteiger partial charge is 0.468 e. The summed E-state index contributed by atoms with van der Waals surface area (Å²) in [5, 5.41) is 0. The molecular formula is C12H17NO2. The smallest absolute Gasteiger partial charge is 0.323 e. The van der Waals surface area contributed by atoms with Crippen molar-refractivity contribution in [3.8, 4) is 0 Å². The normalized spacial score (nSPS) is 14.4. The first-order valence-electron chi connectivity index (χ1n) is 4.96. The number of esters is 1. The predicted octanol–water partition coefficient (Wildman–Crippen LogP) is 1.60. The molecule has 82 valence electrons. The number of hydrogen-bond donors (Lipinski definition) is 1. The van der Waals surface area contributed by atoms with Crippen LogP contribution in [0, 0.1) is 6.92 Å². The molecule has 3 heteroatoms. The van der Waals surface area contributed by atoms with Gasteiger partial charge in [0, 0.05) is 5.92 Å². The van der Waals surface area contributed by atoms with Crippen molar-refractivity contribution in [3.63, 3.8) is 0 Å². The molecule has 3 nitrogen and oxygen atoms in total. The van der Waals surface area contributed by atoms with Crippen LogP contribution in [0.2, 0.25) is 0 Å². The van der Waals surface area contributed by atoms with E-state index in [-0.39, 0.29) is 11.9 Å². The third-order valence-electron chi connectivity index (χ3n) is 2.58. The molecule has 0 bridgehead atoms. The highest BCUT2D eigenvalue weighted by Crippen LogP contribution is 2.19. The summed E-state index contributed by atoms with van der Waals surface area (Å²) in [4.78, 5) is 11.3. The molecule has 0 radical (unpaired) electrons. The maximum Gasteiger partial charge on any atom is 0.323 e. The van der Waals surface area contributed by atoms with E-state index in [2.05, 4.69) is 4.74 Å². The molecule has 2 unspecified atom stereocenters. The topological polar surface area (TPSA) is 52.3 Å². The van der Waals surface area contributed by atoms with Gasteiger partial charge in [0.05, 0.1) is 7.11 Å². The number of carbonyl (C=O) groups is 1. The summed E-state index contributed by atoms with van der Waals surface area (Å²) in [6.45, 7) is 3.94. The molecule has 0 aliphatic rings. The minimum Gasteiger partial charge on any atom is -0.468 e. The van der Waals surface area contributed by atoms with Gasteiger partial charge in [-0.2, -0.15) is 0 Å². The molecule has 0 aliphatic heterocycles. The Morgan fingerprint density at radius 3 is 2.67 bits per heavy atom. The molecule has 0 amide bonds. The monoisotopic (exact) mass is 207 g/mol. The van der Waals surface area contributed by atoms with Crippen LogP contribution in [0.15, 0.2) is 24.3 Å². The van der Waals surface area contributed by atoms with Crippen LogP contribution in [-0.2, 0) is 9.53 Å². The molecule has 15 heavy (non-hydrogen) atoms. The third-order valence-corrected chi connectivity index (χ3v) is 2.58. The van der Waals surface area contributed by atoms with Crippen LogP contribution in [0.4, 0.5) is 0 Å². The highest BCUT2D eigenvalue weighted by molar-refractivity contribution is 5.76. The van der Waals surface area contributed by atoms with E-state index < -0.39 is 6.04 Å². The maximum absolute atomic E-state index is 11.3. The molecule has 0 saturated carbocycles. The van der Waals surface area contributed by atoms with E-state index in [9.17, 15) is 4.79 Å². The van der Waals surface area contributed by atoms with Gasteiger partial charge >= 0.3 is 5.97 Å². The fourth-order valence-corrected chi connectivity index (χ4v) is 1.50. The lowest BCUT2D eigenvalue weighted by Crippen LogP contribution is -2.36. The zero-order chi connectivity index (χ0) is 11.4. The molecule has 2 N–H and O–H groups in total. The molecule has 1 aromatic rings. The fraction of sp³-hybridized carbons (Fsp3) is 0.417. The van der Waals surface area contributed by atoms with Gasteiger partial charge < -0.3 is 10.5 Å². The zero-order valence-electron chi connectivity index (χ0n) is 9.36. The predicted molar refractivity (Wildman–Crippen MR) is 59.6 cm³/mol. The molecule has 0 fully saturated rings. The van der Waals surface area contributed by atoms with Gasteiger partial charge in [-0.05, 0) is 12.5 Å².